The lowest BCUT2D eigenvalue weighted by Gasteiger charge is -2.47. The Kier molecular flexibility index (Phi) is 4.19. The van der Waals surface area contributed by atoms with Crippen LogP contribution < -0.4 is 5.11 Å². The van der Waals surface area contributed by atoms with Crippen LogP contribution in [0.25, 0.3) is 0 Å². The molecule has 1 saturated heterocycles. The summed E-state index contributed by atoms with van der Waals surface area (Å²) in [6.07, 6.45) is 2.41. The van der Waals surface area contributed by atoms with E-state index in [1.807, 2.05) is 19.1 Å². The predicted molar refractivity (Wildman–Crippen MR) is 76.4 cm³/mol. The van der Waals surface area contributed by atoms with E-state index in [0.29, 0.717) is 6.61 Å². The first-order valence-corrected chi connectivity index (χ1v) is 7.30. The van der Waals surface area contributed by atoms with Crippen LogP contribution in [0.15, 0.2) is 24.3 Å². The number of carbonyl (C=O) groups excluding carboxylic acids is 1. The average molecular weight is 275 g/mol. The van der Waals surface area contributed by atoms with Crippen LogP contribution >= 0.6 is 0 Å². The zero-order chi connectivity index (χ0) is 14.8. The van der Waals surface area contributed by atoms with Crippen molar-refractivity contribution in [2.45, 2.75) is 57.5 Å². The summed E-state index contributed by atoms with van der Waals surface area (Å²) >= 11 is 0. The second-order valence-corrected chi connectivity index (χ2v) is 6.27. The van der Waals surface area contributed by atoms with Gasteiger partial charge in [-0.15, -0.1) is 0 Å². The molecule has 1 fully saturated rings. The van der Waals surface area contributed by atoms with Crippen LogP contribution in [0.3, 0.4) is 0 Å². The minimum atomic E-state index is -0.981. The van der Waals surface area contributed by atoms with Crippen molar-refractivity contribution in [3.05, 3.63) is 35.4 Å². The lowest BCUT2D eigenvalue weighted by Crippen LogP contribution is -2.48. The summed E-state index contributed by atoms with van der Waals surface area (Å²) in [5, 5.41) is 11.3. The summed E-state index contributed by atoms with van der Waals surface area (Å²) in [5.41, 5.74) is 1.66. The number of carboxylic acids is 1. The van der Waals surface area contributed by atoms with E-state index >= 15 is 0 Å². The Balaban J connectivity index is 2.39. The van der Waals surface area contributed by atoms with Gasteiger partial charge in [-0.05, 0) is 45.1 Å². The first-order chi connectivity index (χ1) is 9.39. The van der Waals surface area contributed by atoms with Gasteiger partial charge in [-0.2, -0.15) is 0 Å². The van der Waals surface area contributed by atoms with Crippen molar-refractivity contribution in [1.29, 1.82) is 0 Å². The highest BCUT2D eigenvalue weighted by Gasteiger charge is 2.43. The molecule has 110 valence electrons. The van der Waals surface area contributed by atoms with Gasteiger partial charge in [-0.3, -0.25) is 0 Å². The molecule has 1 aliphatic rings. The Morgan fingerprint density at radius 1 is 1.35 bits per heavy atom. The van der Waals surface area contributed by atoms with Gasteiger partial charge in [0.05, 0.1) is 5.60 Å². The van der Waals surface area contributed by atoms with Crippen LogP contribution in [-0.4, -0.2) is 18.2 Å². The molecule has 3 heteroatoms. The van der Waals surface area contributed by atoms with Gasteiger partial charge in [0.2, 0.25) is 0 Å². The maximum atomic E-state index is 11.3. The highest BCUT2D eigenvalue weighted by Crippen LogP contribution is 2.45. The third-order valence-corrected chi connectivity index (χ3v) is 4.64. The molecular weight excluding hydrogens is 252 g/mol. The van der Waals surface area contributed by atoms with E-state index in [0.717, 1.165) is 24.8 Å². The first kappa shape index (κ1) is 15.0. The summed E-state index contributed by atoms with van der Waals surface area (Å²) < 4.78 is 5.88. The molecule has 3 nitrogen and oxygen atoms in total. The molecular formula is C17H23O3-. The average Bonchev–Trinajstić information content (AvgIpc) is 2.38. The van der Waals surface area contributed by atoms with Gasteiger partial charge in [0.15, 0.2) is 0 Å². The fourth-order valence-corrected chi connectivity index (χ4v) is 3.26. The van der Waals surface area contributed by atoms with Crippen molar-refractivity contribution in [2.75, 3.05) is 6.61 Å². The monoisotopic (exact) mass is 275 g/mol. The first-order valence-electron chi connectivity index (χ1n) is 7.30. The molecule has 2 rings (SSSR count). The summed E-state index contributed by atoms with van der Waals surface area (Å²) in [6.45, 7) is 6.80. The van der Waals surface area contributed by atoms with E-state index in [2.05, 4.69) is 26.0 Å². The largest absolute Gasteiger partial charge is 0.550 e. The molecule has 1 heterocycles. The van der Waals surface area contributed by atoms with Crippen LogP contribution in [0.5, 0.6) is 0 Å². The summed E-state index contributed by atoms with van der Waals surface area (Å²) in [6, 6.07) is 8.20. The highest BCUT2D eigenvalue weighted by atomic mass is 16.5. The molecule has 0 spiro atoms. The van der Waals surface area contributed by atoms with E-state index in [-0.39, 0.29) is 17.4 Å². The predicted octanol–water partition coefficient (Wildman–Crippen LogP) is 2.35. The molecule has 0 unspecified atom stereocenters. The summed E-state index contributed by atoms with van der Waals surface area (Å²) in [5.74, 6) is -0.981. The van der Waals surface area contributed by atoms with Gasteiger partial charge >= 0.3 is 0 Å². The third kappa shape index (κ3) is 3.04. The maximum Gasteiger partial charge on any atom is 0.0660 e. The number of benzene rings is 1. The lowest BCUT2D eigenvalue weighted by atomic mass is 9.66. The molecule has 0 aliphatic carbocycles. The molecule has 20 heavy (non-hydrogen) atoms. The molecule has 2 atom stereocenters. The SMILES string of the molecule is CC[C@@]1(C)C[C@@](CC(=O)[O-])(c2ccc(C)cc2)CCO1. The molecule has 1 aromatic carbocycles. The van der Waals surface area contributed by atoms with Gasteiger partial charge in [0.1, 0.15) is 0 Å². The molecule has 0 aromatic heterocycles. The lowest BCUT2D eigenvalue weighted by molar-refractivity contribution is -0.308. The number of rotatable bonds is 4. The standard InChI is InChI=1S/C17H24O3/c1-4-16(3)12-17(9-10-20-16,11-15(18)19)14-7-5-13(2)6-8-14/h5-8H,4,9-12H2,1-3H3,(H,18,19)/p-1/t16-,17+/m0/s1. The number of ether oxygens (including phenoxy) is 1. The van der Waals surface area contributed by atoms with Gasteiger partial charge < -0.3 is 14.6 Å². The molecule has 1 aliphatic heterocycles. The van der Waals surface area contributed by atoms with Crippen molar-refractivity contribution in [3.8, 4) is 0 Å². The molecule has 0 radical (unpaired) electrons. The number of hydrogen-bond acceptors (Lipinski definition) is 3. The fourth-order valence-electron chi connectivity index (χ4n) is 3.26. The number of aryl methyl sites for hydroxylation is 1. The van der Waals surface area contributed by atoms with Gasteiger partial charge in [0.25, 0.3) is 0 Å². The summed E-state index contributed by atoms with van der Waals surface area (Å²) in [4.78, 5) is 11.3. The second-order valence-electron chi connectivity index (χ2n) is 6.27. The Bertz CT molecular complexity index is 480. The molecule has 0 saturated carbocycles. The number of carboxylic acid groups (broad SMARTS) is 1. The third-order valence-electron chi connectivity index (χ3n) is 4.64. The highest BCUT2D eigenvalue weighted by molar-refractivity contribution is 5.67. The van der Waals surface area contributed by atoms with E-state index in [4.69, 9.17) is 4.74 Å². The smallest absolute Gasteiger partial charge is 0.0660 e. The molecule has 0 N–H and O–H groups in total. The van der Waals surface area contributed by atoms with E-state index in [1.54, 1.807) is 0 Å². The van der Waals surface area contributed by atoms with Gasteiger partial charge in [-0.25, -0.2) is 0 Å². The minimum absolute atomic E-state index is 0.0645. The number of hydrogen-bond donors (Lipinski definition) is 0. The maximum absolute atomic E-state index is 11.3. The van der Waals surface area contributed by atoms with Crippen molar-refractivity contribution >= 4 is 5.97 Å². The topological polar surface area (TPSA) is 49.4 Å². The number of aliphatic carboxylic acids is 1. The normalized spacial score (nSPS) is 30.1. The van der Waals surface area contributed by atoms with E-state index < -0.39 is 5.97 Å². The fraction of sp³-hybridized carbons (Fsp3) is 0.588. The van der Waals surface area contributed by atoms with Crippen molar-refractivity contribution in [2.24, 2.45) is 0 Å². The van der Waals surface area contributed by atoms with Gasteiger partial charge in [0, 0.05) is 18.0 Å². The molecule has 0 amide bonds. The summed E-state index contributed by atoms with van der Waals surface area (Å²) in [7, 11) is 0. The molecule has 0 bridgehead atoms. The van der Waals surface area contributed by atoms with Crippen LogP contribution in [0.1, 0.15) is 50.7 Å². The van der Waals surface area contributed by atoms with Crippen molar-refractivity contribution < 1.29 is 14.6 Å². The van der Waals surface area contributed by atoms with Crippen LogP contribution in [-0.2, 0) is 14.9 Å². The van der Waals surface area contributed by atoms with Crippen LogP contribution in [0.2, 0.25) is 0 Å². The van der Waals surface area contributed by atoms with Gasteiger partial charge in [-0.1, -0.05) is 36.8 Å². The zero-order valence-corrected chi connectivity index (χ0v) is 12.6. The van der Waals surface area contributed by atoms with Crippen molar-refractivity contribution in [1.82, 2.24) is 0 Å². The Labute approximate surface area is 121 Å². The van der Waals surface area contributed by atoms with Crippen LogP contribution in [0, 0.1) is 6.92 Å². The second kappa shape index (κ2) is 5.57. The van der Waals surface area contributed by atoms with Crippen molar-refractivity contribution in [3.63, 3.8) is 0 Å². The number of carbonyl (C=O) groups is 1. The Hall–Kier alpha value is -1.35. The molecule has 1 aromatic rings. The minimum Gasteiger partial charge on any atom is -0.550 e. The quantitative estimate of drug-likeness (QED) is 0.847. The van der Waals surface area contributed by atoms with Crippen LogP contribution in [0.4, 0.5) is 0 Å². The zero-order valence-electron chi connectivity index (χ0n) is 12.6. The van der Waals surface area contributed by atoms with E-state index in [1.165, 1.54) is 5.56 Å². The van der Waals surface area contributed by atoms with E-state index in [9.17, 15) is 9.90 Å². The Morgan fingerprint density at radius 3 is 2.55 bits per heavy atom. The Morgan fingerprint density at radius 2 is 2.00 bits per heavy atom.